The minimum absolute atomic E-state index is 0.241. The normalized spacial score (nSPS) is 10.3. The second kappa shape index (κ2) is 7.62. The van der Waals surface area contributed by atoms with E-state index in [1.165, 1.54) is 0 Å². The lowest BCUT2D eigenvalue weighted by molar-refractivity contribution is 0.0843. The number of H-pyrrole nitrogens is 1. The minimum atomic E-state index is -0.490. The molecular weight excluding hydrogens is 452 g/mol. The predicted octanol–water partition coefficient (Wildman–Crippen LogP) is 3.68. The monoisotopic (exact) mass is 462 g/mol. The lowest BCUT2D eigenvalue weighted by atomic mass is 10.1. The van der Waals surface area contributed by atoms with Crippen molar-refractivity contribution in [3.8, 4) is 11.3 Å². The van der Waals surface area contributed by atoms with Crippen LogP contribution >= 0.6 is 31.9 Å². The molecule has 6 nitrogen and oxygen atoms in total. The van der Waals surface area contributed by atoms with Crippen LogP contribution in [0.25, 0.3) is 11.3 Å². The van der Waals surface area contributed by atoms with Crippen molar-refractivity contribution in [3.63, 3.8) is 0 Å². The fourth-order valence-corrected chi connectivity index (χ4v) is 2.83. The number of hydrogen-bond donors (Lipinski definition) is 3. The molecule has 0 aliphatic rings. The first-order chi connectivity index (χ1) is 12.0. The summed E-state index contributed by atoms with van der Waals surface area (Å²) in [4.78, 5) is 24.2. The van der Waals surface area contributed by atoms with Crippen molar-refractivity contribution in [2.24, 2.45) is 0 Å². The van der Waals surface area contributed by atoms with Crippen LogP contribution in [0.1, 0.15) is 20.8 Å². The Balaban J connectivity index is 1.65. The SMILES string of the molecule is O=C(NNC(=O)c1ccccc1Br)c1cc(-c2ccc(Br)cc2)n[nH]1. The van der Waals surface area contributed by atoms with Crippen LogP contribution < -0.4 is 10.9 Å². The molecule has 0 atom stereocenters. The molecule has 126 valence electrons. The highest BCUT2D eigenvalue weighted by Gasteiger charge is 2.14. The molecule has 0 aliphatic carbocycles. The van der Waals surface area contributed by atoms with Gasteiger partial charge in [0.15, 0.2) is 0 Å². The summed E-state index contributed by atoms with van der Waals surface area (Å²) in [5, 5.41) is 6.77. The van der Waals surface area contributed by atoms with E-state index >= 15 is 0 Å². The number of carbonyl (C=O) groups is 2. The van der Waals surface area contributed by atoms with E-state index in [0.29, 0.717) is 15.7 Å². The minimum Gasteiger partial charge on any atom is -0.272 e. The summed E-state index contributed by atoms with van der Waals surface area (Å²) in [6.45, 7) is 0. The Morgan fingerprint density at radius 1 is 0.920 bits per heavy atom. The maximum absolute atomic E-state index is 12.1. The third kappa shape index (κ3) is 4.15. The van der Waals surface area contributed by atoms with Crippen molar-refractivity contribution in [1.29, 1.82) is 0 Å². The number of benzene rings is 2. The van der Waals surface area contributed by atoms with E-state index in [2.05, 4.69) is 52.9 Å². The Kier molecular flexibility index (Phi) is 5.30. The molecule has 2 aromatic carbocycles. The van der Waals surface area contributed by atoms with Crippen LogP contribution in [0, 0.1) is 0 Å². The highest BCUT2D eigenvalue weighted by atomic mass is 79.9. The topological polar surface area (TPSA) is 86.9 Å². The quantitative estimate of drug-likeness (QED) is 0.518. The molecule has 3 rings (SSSR count). The fraction of sp³-hybridized carbons (Fsp3) is 0. The largest absolute Gasteiger partial charge is 0.287 e. The third-order valence-electron chi connectivity index (χ3n) is 3.37. The summed E-state index contributed by atoms with van der Waals surface area (Å²) in [5.74, 6) is -0.912. The number of rotatable bonds is 3. The lowest BCUT2D eigenvalue weighted by Gasteiger charge is -2.07. The molecular formula is C17H12Br2N4O2. The van der Waals surface area contributed by atoms with E-state index in [1.807, 2.05) is 24.3 Å². The van der Waals surface area contributed by atoms with Crippen molar-refractivity contribution in [2.75, 3.05) is 0 Å². The molecule has 1 aromatic heterocycles. The molecule has 0 bridgehead atoms. The number of hydrogen-bond acceptors (Lipinski definition) is 3. The average Bonchev–Trinajstić information content (AvgIpc) is 3.10. The Bertz CT molecular complexity index is 922. The molecule has 0 aliphatic heterocycles. The van der Waals surface area contributed by atoms with E-state index in [0.717, 1.165) is 10.0 Å². The van der Waals surface area contributed by atoms with Gasteiger partial charge in [-0.25, -0.2) is 0 Å². The van der Waals surface area contributed by atoms with Crippen molar-refractivity contribution in [2.45, 2.75) is 0 Å². The maximum atomic E-state index is 12.1. The van der Waals surface area contributed by atoms with E-state index in [9.17, 15) is 9.59 Å². The molecule has 0 unspecified atom stereocenters. The molecule has 25 heavy (non-hydrogen) atoms. The number of carbonyl (C=O) groups excluding carboxylic acids is 2. The second-order valence-electron chi connectivity index (χ2n) is 5.06. The van der Waals surface area contributed by atoms with Crippen molar-refractivity contribution in [1.82, 2.24) is 21.0 Å². The van der Waals surface area contributed by atoms with Gasteiger partial charge >= 0.3 is 0 Å². The maximum Gasteiger partial charge on any atom is 0.287 e. The van der Waals surface area contributed by atoms with Crippen LogP contribution in [0.15, 0.2) is 63.5 Å². The highest BCUT2D eigenvalue weighted by Crippen LogP contribution is 2.20. The average molecular weight is 464 g/mol. The number of nitrogens with zero attached hydrogens (tertiary/aromatic N) is 1. The van der Waals surface area contributed by atoms with Gasteiger partial charge in [-0.3, -0.25) is 25.5 Å². The van der Waals surface area contributed by atoms with Gasteiger partial charge in [0, 0.05) is 14.5 Å². The molecule has 0 saturated heterocycles. The van der Waals surface area contributed by atoms with Gasteiger partial charge in [0.1, 0.15) is 5.69 Å². The van der Waals surface area contributed by atoms with Gasteiger partial charge in [0.2, 0.25) is 0 Å². The summed E-state index contributed by atoms with van der Waals surface area (Å²) >= 11 is 6.66. The second-order valence-corrected chi connectivity index (χ2v) is 6.83. The highest BCUT2D eigenvalue weighted by molar-refractivity contribution is 9.10. The number of amides is 2. The number of hydrazine groups is 1. The third-order valence-corrected chi connectivity index (χ3v) is 4.59. The zero-order valence-electron chi connectivity index (χ0n) is 12.7. The summed E-state index contributed by atoms with van der Waals surface area (Å²) < 4.78 is 1.60. The molecule has 3 N–H and O–H groups in total. The van der Waals surface area contributed by atoms with E-state index in [4.69, 9.17) is 0 Å². The first-order valence-electron chi connectivity index (χ1n) is 7.21. The Labute approximate surface area is 160 Å². The van der Waals surface area contributed by atoms with Gasteiger partial charge < -0.3 is 0 Å². The Morgan fingerprint density at radius 3 is 2.32 bits per heavy atom. The van der Waals surface area contributed by atoms with Gasteiger partial charge in [-0.15, -0.1) is 0 Å². The van der Waals surface area contributed by atoms with Crippen LogP contribution in [0.4, 0.5) is 0 Å². The molecule has 2 amide bonds. The van der Waals surface area contributed by atoms with Gasteiger partial charge in [-0.1, -0.05) is 40.2 Å². The number of aromatic amines is 1. The molecule has 0 fully saturated rings. The summed E-state index contributed by atoms with van der Waals surface area (Å²) in [6, 6.07) is 16.1. The number of halogens is 2. The Hall–Kier alpha value is -2.45. The fourth-order valence-electron chi connectivity index (χ4n) is 2.10. The van der Waals surface area contributed by atoms with Crippen molar-refractivity contribution >= 4 is 43.7 Å². The van der Waals surface area contributed by atoms with Gasteiger partial charge in [0.05, 0.1) is 11.3 Å². The molecule has 1 heterocycles. The molecule has 0 spiro atoms. The summed E-state index contributed by atoms with van der Waals surface area (Å²) in [5.41, 5.74) is 6.90. The zero-order chi connectivity index (χ0) is 17.8. The predicted molar refractivity (Wildman–Crippen MR) is 101 cm³/mol. The van der Waals surface area contributed by atoms with E-state index in [1.54, 1.807) is 30.3 Å². The number of aromatic nitrogens is 2. The number of nitrogens with one attached hydrogen (secondary N) is 3. The van der Waals surface area contributed by atoms with Gasteiger partial charge in [0.25, 0.3) is 11.8 Å². The zero-order valence-corrected chi connectivity index (χ0v) is 15.9. The smallest absolute Gasteiger partial charge is 0.272 e. The molecule has 3 aromatic rings. The molecule has 0 saturated carbocycles. The first kappa shape index (κ1) is 17.4. The van der Waals surface area contributed by atoms with Crippen LogP contribution in [0.3, 0.4) is 0 Å². The Morgan fingerprint density at radius 2 is 1.60 bits per heavy atom. The van der Waals surface area contributed by atoms with Gasteiger partial charge in [-0.2, -0.15) is 5.10 Å². The van der Waals surface area contributed by atoms with Crippen LogP contribution in [-0.2, 0) is 0 Å². The van der Waals surface area contributed by atoms with Crippen LogP contribution in [-0.4, -0.2) is 22.0 Å². The van der Waals surface area contributed by atoms with Crippen molar-refractivity contribution in [3.05, 3.63) is 74.8 Å². The van der Waals surface area contributed by atoms with Crippen LogP contribution in [0.5, 0.6) is 0 Å². The van der Waals surface area contributed by atoms with Gasteiger partial charge in [-0.05, 0) is 46.3 Å². The molecule has 0 radical (unpaired) electrons. The summed E-state index contributed by atoms with van der Waals surface area (Å²) in [6.07, 6.45) is 0. The first-order valence-corrected chi connectivity index (χ1v) is 8.80. The molecule has 8 heteroatoms. The van der Waals surface area contributed by atoms with E-state index in [-0.39, 0.29) is 5.69 Å². The summed E-state index contributed by atoms with van der Waals surface area (Å²) in [7, 11) is 0. The standard InChI is InChI=1S/C17H12Br2N4O2/c18-11-7-5-10(6-8-11)14-9-15(21-20-14)17(25)23-22-16(24)12-3-1-2-4-13(12)19/h1-9H,(H,20,21)(H,22,24)(H,23,25). The van der Waals surface area contributed by atoms with Crippen molar-refractivity contribution < 1.29 is 9.59 Å². The lowest BCUT2D eigenvalue weighted by Crippen LogP contribution is -2.41. The van der Waals surface area contributed by atoms with E-state index < -0.39 is 11.8 Å². The van der Waals surface area contributed by atoms with Crippen LogP contribution in [0.2, 0.25) is 0 Å².